The number of carbonyl (C=O) groups is 2. The van der Waals surface area contributed by atoms with E-state index in [1.54, 1.807) is 43.3 Å². The van der Waals surface area contributed by atoms with E-state index in [0.29, 0.717) is 22.9 Å². The molecule has 0 aliphatic heterocycles. The molecule has 2 aromatic carbocycles. The van der Waals surface area contributed by atoms with E-state index in [9.17, 15) is 18.8 Å². The lowest BCUT2D eigenvalue weighted by atomic mass is 10.1. The molecule has 1 heterocycles. The van der Waals surface area contributed by atoms with E-state index in [-0.39, 0.29) is 23.6 Å². The molecule has 0 radical (unpaired) electrons. The largest absolute Gasteiger partial charge is 0.451 e. The molecule has 1 aromatic heterocycles. The Balaban J connectivity index is 1.68. The number of nitrogens with zero attached hydrogens (tertiary/aromatic N) is 2. The van der Waals surface area contributed by atoms with Gasteiger partial charge in [-0.3, -0.25) is 9.59 Å². The van der Waals surface area contributed by atoms with Crippen LogP contribution in [0.5, 0.6) is 0 Å². The van der Waals surface area contributed by atoms with Crippen LogP contribution >= 0.6 is 0 Å². The fraction of sp³-hybridized carbons (Fsp3) is 0.200. The Hall–Kier alpha value is -3.55. The van der Waals surface area contributed by atoms with Gasteiger partial charge in [-0.15, -0.1) is 0 Å². The van der Waals surface area contributed by atoms with Crippen LogP contribution in [0.2, 0.25) is 0 Å². The summed E-state index contributed by atoms with van der Waals surface area (Å²) in [7, 11) is 0. The van der Waals surface area contributed by atoms with Gasteiger partial charge >= 0.3 is 5.97 Å². The summed E-state index contributed by atoms with van der Waals surface area (Å²) < 4.78 is 19.1. The molecule has 7 nitrogen and oxygen atoms in total. The van der Waals surface area contributed by atoms with Crippen molar-refractivity contribution in [2.24, 2.45) is 0 Å². The Morgan fingerprint density at radius 1 is 1.11 bits per heavy atom. The number of hydrogen-bond acceptors (Lipinski definition) is 5. The molecule has 8 heteroatoms. The standard InChI is InChI=1S/C20H18FN3O4/c1-2-24-19(26)16-6-4-3-5-15(16)18(23-24)20(27)28-12-17(25)22-11-13-7-9-14(21)10-8-13/h3-10H,2,11-12H2,1H3,(H,22,25). The monoisotopic (exact) mass is 383 g/mol. The van der Waals surface area contributed by atoms with Crippen LogP contribution in [-0.2, 0) is 22.6 Å². The average molecular weight is 383 g/mol. The molecule has 0 aliphatic rings. The fourth-order valence-corrected chi connectivity index (χ4v) is 2.65. The van der Waals surface area contributed by atoms with E-state index in [4.69, 9.17) is 4.74 Å². The van der Waals surface area contributed by atoms with Crippen molar-refractivity contribution in [2.75, 3.05) is 6.61 Å². The number of aromatic nitrogens is 2. The molecule has 1 N–H and O–H groups in total. The number of benzene rings is 2. The van der Waals surface area contributed by atoms with Gasteiger partial charge in [0.05, 0.1) is 5.39 Å². The predicted octanol–water partition coefficient (Wildman–Crippen LogP) is 2.03. The van der Waals surface area contributed by atoms with Gasteiger partial charge in [-0.25, -0.2) is 13.9 Å². The first-order valence-electron chi connectivity index (χ1n) is 8.67. The van der Waals surface area contributed by atoms with Crippen molar-refractivity contribution in [3.63, 3.8) is 0 Å². The summed E-state index contributed by atoms with van der Waals surface area (Å²) in [5, 5.41) is 7.36. The van der Waals surface area contributed by atoms with Crippen molar-refractivity contribution in [3.8, 4) is 0 Å². The smallest absolute Gasteiger partial charge is 0.359 e. The number of aryl methyl sites for hydroxylation is 1. The van der Waals surface area contributed by atoms with Gasteiger partial charge in [0.25, 0.3) is 11.5 Å². The Morgan fingerprint density at radius 3 is 2.46 bits per heavy atom. The van der Waals surface area contributed by atoms with Crippen molar-refractivity contribution in [3.05, 3.63) is 76.0 Å². The quantitative estimate of drug-likeness (QED) is 0.658. The van der Waals surface area contributed by atoms with Gasteiger partial charge in [0.1, 0.15) is 5.82 Å². The summed E-state index contributed by atoms with van der Waals surface area (Å²) >= 11 is 0. The van der Waals surface area contributed by atoms with Gasteiger partial charge in [0.2, 0.25) is 0 Å². The van der Waals surface area contributed by atoms with Crippen LogP contribution in [0.3, 0.4) is 0 Å². The normalized spacial score (nSPS) is 10.6. The van der Waals surface area contributed by atoms with Crippen molar-refractivity contribution in [1.29, 1.82) is 0 Å². The van der Waals surface area contributed by atoms with Crippen molar-refractivity contribution >= 4 is 22.6 Å². The number of nitrogens with one attached hydrogen (secondary N) is 1. The fourth-order valence-electron chi connectivity index (χ4n) is 2.65. The molecule has 0 saturated heterocycles. The molecule has 0 saturated carbocycles. The number of esters is 1. The summed E-state index contributed by atoms with van der Waals surface area (Å²) in [5.41, 5.74) is 0.388. The van der Waals surface area contributed by atoms with Crippen LogP contribution in [-0.4, -0.2) is 28.3 Å². The molecule has 3 rings (SSSR count). The molecule has 1 amide bonds. The third-order valence-electron chi connectivity index (χ3n) is 4.10. The number of hydrogen-bond donors (Lipinski definition) is 1. The molecule has 0 bridgehead atoms. The van der Waals surface area contributed by atoms with Gasteiger partial charge in [-0.1, -0.05) is 30.3 Å². The lowest BCUT2D eigenvalue weighted by Crippen LogP contribution is -2.30. The molecule has 28 heavy (non-hydrogen) atoms. The third kappa shape index (κ3) is 4.22. The highest BCUT2D eigenvalue weighted by atomic mass is 19.1. The van der Waals surface area contributed by atoms with Crippen LogP contribution < -0.4 is 10.9 Å². The molecule has 0 atom stereocenters. The van der Waals surface area contributed by atoms with Crippen molar-refractivity contribution in [1.82, 2.24) is 15.1 Å². The van der Waals surface area contributed by atoms with E-state index in [1.165, 1.54) is 16.8 Å². The van der Waals surface area contributed by atoms with Gasteiger partial charge < -0.3 is 10.1 Å². The zero-order valence-corrected chi connectivity index (χ0v) is 15.1. The molecule has 0 spiro atoms. The predicted molar refractivity (Wildman–Crippen MR) is 100 cm³/mol. The zero-order chi connectivity index (χ0) is 20.1. The van der Waals surface area contributed by atoms with E-state index in [2.05, 4.69) is 10.4 Å². The van der Waals surface area contributed by atoms with Crippen LogP contribution in [0.1, 0.15) is 23.0 Å². The molecule has 0 fully saturated rings. The highest BCUT2D eigenvalue weighted by molar-refractivity contribution is 6.02. The Labute approximate surface area is 159 Å². The Morgan fingerprint density at radius 2 is 1.79 bits per heavy atom. The van der Waals surface area contributed by atoms with E-state index < -0.39 is 18.5 Å². The second kappa shape index (κ2) is 8.43. The summed E-state index contributed by atoms with van der Waals surface area (Å²) in [6.45, 7) is 1.71. The minimum Gasteiger partial charge on any atom is -0.451 e. The first-order chi connectivity index (χ1) is 13.5. The average Bonchev–Trinajstić information content (AvgIpc) is 2.72. The molecule has 144 valence electrons. The number of halogens is 1. The lowest BCUT2D eigenvalue weighted by Gasteiger charge is -2.10. The maximum absolute atomic E-state index is 12.9. The number of rotatable bonds is 6. The van der Waals surface area contributed by atoms with E-state index in [1.807, 2.05) is 0 Å². The van der Waals surface area contributed by atoms with Crippen molar-refractivity contribution in [2.45, 2.75) is 20.0 Å². The molecule has 0 unspecified atom stereocenters. The number of fused-ring (bicyclic) bond motifs is 1. The summed E-state index contributed by atoms with van der Waals surface area (Å²) in [6, 6.07) is 12.3. The summed E-state index contributed by atoms with van der Waals surface area (Å²) in [4.78, 5) is 36.7. The maximum atomic E-state index is 12.9. The van der Waals surface area contributed by atoms with Gasteiger partial charge in [0.15, 0.2) is 12.3 Å². The summed E-state index contributed by atoms with van der Waals surface area (Å²) in [5.74, 6) is -1.67. The number of ether oxygens (including phenoxy) is 1. The highest BCUT2D eigenvalue weighted by Gasteiger charge is 2.18. The Bertz CT molecular complexity index is 1080. The number of carbonyl (C=O) groups excluding carboxylic acids is 2. The molecule has 0 aliphatic carbocycles. The zero-order valence-electron chi connectivity index (χ0n) is 15.1. The Kier molecular flexibility index (Phi) is 5.78. The van der Waals surface area contributed by atoms with E-state index >= 15 is 0 Å². The first-order valence-corrected chi connectivity index (χ1v) is 8.67. The van der Waals surface area contributed by atoms with Gasteiger partial charge in [0, 0.05) is 18.5 Å². The second-order valence-corrected chi connectivity index (χ2v) is 5.99. The van der Waals surface area contributed by atoms with E-state index in [0.717, 1.165) is 0 Å². The van der Waals surface area contributed by atoms with Crippen LogP contribution in [0.25, 0.3) is 10.8 Å². The third-order valence-corrected chi connectivity index (χ3v) is 4.10. The molecular weight excluding hydrogens is 365 g/mol. The first kappa shape index (κ1) is 19.2. The SMILES string of the molecule is CCn1nc(C(=O)OCC(=O)NCc2ccc(F)cc2)c2ccccc2c1=O. The maximum Gasteiger partial charge on any atom is 0.359 e. The van der Waals surface area contributed by atoms with Crippen LogP contribution in [0.15, 0.2) is 53.3 Å². The highest BCUT2D eigenvalue weighted by Crippen LogP contribution is 2.14. The molecular formula is C20H18FN3O4. The van der Waals surface area contributed by atoms with Gasteiger partial charge in [-0.2, -0.15) is 5.10 Å². The van der Waals surface area contributed by atoms with Crippen LogP contribution in [0.4, 0.5) is 4.39 Å². The van der Waals surface area contributed by atoms with Gasteiger partial charge in [-0.05, 0) is 30.7 Å². The van der Waals surface area contributed by atoms with Crippen LogP contribution in [0, 0.1) is 5.82 Å². The van der Waals surface area contributed by atoms with Crippen molar-refractivity contribution < 1.29 is 18.7 Å². The molecule has 3 aromatic rings. The lowest BCUT2D eigenvalue weighted by molar-refractivity contribution is -0.124. The second-order valence-electron chi connectivity index (χ2n) is 5.99. The topological polar surface area (TPSA) is 90.3 Å². The number of amides is 1. The minimum atomic E-state index is -0.796. The summed E-state index contributed by atoms with van der Waals surface area (Å²) in [6.07, 6.45) is 0. The minimum absolute atomic E-state index is 0.0246.